The molecule has 1 N–H and O–H groups in total. The molecule has 0 aromatic heterocycles. The summed E-state index contributed by atoms with van der Waals surface area (Å²) >= 11 is 0. The first-order valence-electron chi connectivity index (χ1n) is 7.82. The molecule has 22 heavy (non-hydrogen) atoms. The summed E-state index contributed by atoms with van der Waals surface area (Å²) in [5.74, 6) is -1.17. The zero-order valence-corrected chi connectivity index (χ0v) is 12.9. The molecular formula is C17H23NO4. The molecule has 0 spiro atoms. The molecule has 120 valence electrons. The maximum Gasteiger partial charge on any atom is 0.323 e. The van der Waals surface area contributed by atoms with Crippen LogP contribution in [0.4, 0.5) is 0 Å². The van der Waals surface area contributed by atoms with Crippen LogP contribution in [0.3, 0.4) is 0 Å². The van der Waals surface area contributed by atoms with Gasteiger partial charge in [0.25, 0.3) is 0 Å². The summed E-state index contributed by atoms with van der Waals surface area (Å²) in [5.41, 5.74) is 1.14. The van der Waals surface area contributed by atoms with E-state index in [2.05, 4.69) is 0 Å². The second-order valence-electron chi connectivity index (χ2n) is 5.53. The molecule has 5 heteroatoms. The molecule has 1 saturated heterocycles. The number of carboxylic acid groups (broad SMARTS) is 1. The first-order valence-corrected chi connectivity index (χ1v) is 7.82. The molecule has 2 rings (SSSR count). The molecule has 5 nitrogen and oxygen atoms in total. The van der Waals surface area contributed by atoms with Crippen LogP contribution in [-0.4, -0.2) is 47.2 Å². The normalized spacial score (nSPS) is 19.8. The summed E-state index contributed by atoms with van der Waals surface area (Å²) < 4.78 is 5.16. The highest BCUT2D eigenvalue weighted by molar-refractivity contribution is 5.79. The molecule has 0 unspecified atom stereocenters. The minimum atomic E-state index is -0.855. The number of aryl methyl sites for hydroxylation is 1. The molecule has 1 heterocycles. The number of esters is 1. The van der Waals surface area contributed by atoms with Crippen molar-refractivity contribution in [3.8, 4) is 0 Å². The Bertz CT molecular complexity index is 503. The Kier molecular flexibility index (Phi) is 5.95. The van der Waals surface area contributed by atoms with Crippen molar-refractivity contribution in [1.29, 1.82) is 0 Å². The van der Waals surface area contributed by atoms with E-state index in [0.717, 1.165) is 18.4 Å². The van der Waals surface area contributed by atoms with Crippen molar-refractivity contribution in [3.05, 3.63) is 35.9 Å². The lowest BCUT2D eigenvalue weighted by atomic mass is 10.0. The van der Waals surface area contributed by atoms with Gasteiger partial charge in [0.05, 0.1) is 6.61 Å². The number of aliphatic carboxylic acids is 1. The quantitative estimate of drug-likeness (QED) is 0.781. The summed E-state index contributed by atoms with van der Waals surface area (Å²) in [4.78, 5) is 25.4. The highest BCUT2D eigenvalue weighted by atomic mass is 16.5. The fourth-order valence-corrected chi connectivity index (χ4v) is 3.03. The molecule has 1 fully saturated rings. The average Bonchev–Trinajstić information content (AvgIpc) is 2.98. The Hall–Kier alpha value is -1.88. The Labute approximate surface area is 130 Å². The van der Waals surface area contributed by atoms with Crippen LogP contribution in [0.1, 0.15) is 31.7 Å². The smallest absolute Gasteiger partial charge is 0.323 e. The number of hydrogen-bond acceptors (Lipinski definition) is 4. The maximum atomic E-state index is 12.3. The van der Waals surface area contributed by atoms with Gasteiger partial charge in [0, 0.05) is 0 Å². The van der Waals surface area contributed by atoms with Crippen LogP contribution in [0.25, 0.3) is 0 Å². The maximum absolute atomic E-state index is 12.3. The zero-order valence-electron chi connectivity index (χ0n) is 12.9. The van der Waals surface area contributed by atoms with E-state index in [-0.39, 0.29) is 5.97 Å². The number of ether oxygens (including phenoxy) is 1. The second-order valence-corrected chi connectivity index (χ2v) is 5.53. The first-order chi connectivity index (χ1) is 10.6. The van der Waals surface area contributed by atoms with E-state index in [4.69, 9.17) is 4.74 Å². The summed E-state index contributed by atoms with van der Waals surface area (Å²) in [5, 5.41) is 9.34. The fourth-order valence-electron chi connectivity index (χ4n) is 3.03. The third-order valence-electron chi connectivity index (χ3n) is 4.09. The third kappa shape index (κ3) is 4.07. The van der Waals surface area contributed by atoms with Gasteiger partial charge in [-0.15, -0.1) is 0 Å². The molecule has 1 aromatic carbocycles. The topological polar surface area (TPSA) is 66.8 Å². The van der Waals surface area contributed by atoms with Crippen LogP contribution in [-0.2, 0) is 20.7 Å². The first kappa shape index (κ1) is 16.5. The minimum absolute atomic E-state index is 0.312. The Morgan fingerprint density at radius 1 is 1.36 bits per heavy atom. The van der Waals surface area contributed by atoms with E-state index in [9.17, 15) is 14.7 Å². The predicted octanol–water partition coefficient (Wildman–Crippen LogP) is 2.10. The highest BCUT2D eigenvalue weighted by Gasteiger charge is 2.38. The van der Waals surface area contributed by atoms with E-state index in [0.29, 0.717) is 26.0 Å². The number of carboxylic acids is 1. The van der Waals surface area contributed by atoms with Crippen molar-refractivity contribution in [2.45, 2.75) is 44.7 Å². The predicted molar refractivity (Wildman–Crippen MR) is 82.5 cm³/mol. The van der Waals surface area contributed by atoms with E-state index in [1.54, 1.807) is 11.8 Å². The standard InChI is InChI=1S/C17H23NO4/c1-2-22-17(21)15(11-10-13-7-4-3-5-8-13)18-12-6-9-14(18)16(19)20/h3-5,7-8,14-15H,2,6,9-12H2,1H3,(H,19,20)/t14-,15-/m0/s1. The molecule has 1 aromatic rings. The largest absolute Gasteiger partial charge is 0.480 e. The van der Waals surface area contributed by atoms with Gasteiger partial charge in [0.2, 0.25) is 0 Å². The number of likely N-dealkylation sites (tertiary alicyclic amines) is 1. The van der Waals surface area contributed by atoms with Gasteiger partial charge in [-0.3, -0.25) is 14.5 Å². The number of carbonyl (C=O) groups is 2. The van der Waals surface area contributed by atoms with Crippen LogP contribution >= 0.6 is 0 Å². The van der Waals surface area contributed by atoms with E-state index >= 15 is 0 Å². The zero-order chi connectivity index (χ0) is 15.9. The van der Waals surface area contributed by atoms with Gasteiger partial charge in [0.15, 0.2) is 0 Å². The molecule has 0 amide bonds. The lowest BCUT2D eigenvalue weighted by molar-refractivity contribution is -0.153. The van der Waals surface area contributed by atoms with Crippen molar-refractivity contribution in [2.75, 3.05) is 13.2 Å². The van der Waals surface area contributed by atoms with E-state index < -0.39 is 18.1 Å². The van der Waals surface area contributed by atoms with E-state index in [1.165, 1.54) is 0 Å². The molecular weight excluding hydrogens is 282 g/mol. The van der Waals surface area contributed by atoms with Crippen LogP contribution in [0.15, 0.2) is 30.3 Å². The van der Waals surface area contributed by atoms with Gasteiger partial charge in [0.1, 0.15) is 12.1 Å². The van der Waals surface area contributed by atoms with Gasteiger partial charge in [-0.25, -0.2) is 0 Å². The van der Waals surface area contributed by atoms with Gasteiger partial charge < -0.3 is 9.84 Å². The molecule has 0 aliphatic carbocycles. The number of benzene rings is 1. The highest BCUT2D eigenvalue weighted by Crippen LogP contribution is 2.24. The Balaban J connectivity index is 2.08. The van der Waals surface area contributed by atoms with E-state index in [1.807, 2.05) is 30.3 Å². The van der Waals surface area contributed by atoms with Crippen LogP contribution < -0.4 is 0 Å². The van der Waals surface area contributed by atoms with Crippen molar-refractivity contribution >= 4 is 11.9 Å². The lowest BCUT2D eigenvalue weighted by Crippen LogP contribution is -2.48. The molecule has 2 atom stereocenters. The number of nitrogens with zero attached hydrogens (tertiary/aromatic N) is 1. The lowest BCUT2D eigenvalue weighted by Gasteiger charge is -2.29. The van der Waals surface area contributed by atoms with Gasteiger partial charge in [-0.05, 0) is 44.7 Å². The molecule has 0 bridgehead atoms. The molecule has 0 radical (unpaired) electrons. The van der Waals surface area contributed by atoms with Gasteiger partial charge in [-0.2, -0.15) is 0 Å². The number of carbonyl (C=O) groups excluding carboxylic acids is 1. The number of hydrogen-bond donors (Lipinski definition) is 1. The van der Waals surface area contributed by atoms with Crippen molar-refractivity contribution in [3.63, 3.8) is 0 Å². The van der Waals surface area contributed by atoms with Crippen LogP contribution in [0, 0.1) is 0 Å². The van der Waals surface area contributed by atoms with Crippen molar-refractivity contribution < 1.29 is 19.4 Å². The summed E-state index contributed by atoms with van der Waals surface area (Å²) in [6.07, 6.45) is 2.70. The Morgan fingerprint density at radius 2 is 2.09 bits per heavy atom. The second kappa shape index (κ2) is 7.94. The monoisotopic (exact) mass is 305 g/mol. The van der Waals surface area contributed by atoms with Crippen LogP contribution in [0.5, 0.6) is 0 Å². The van der Waals surface area contributed by atoms with Crippen molar-refractivity contribution in [1.82, 2.24) is 4.90 Å². The SMILES string of the molecule is CCOC(=O)[C@H](CCc1ccccc1)N1CCC[C@H]1C(=O)O. The Morgan fingerprint density at radius 3 is 2.73 bits per heavy atom. The summed E-state index contributed by atoms with van der Waals surface area (Å²) in [6, 6.07) is 8.85. The third-order valence-corrected chi connectivity index (χ3v) is 4.09. The van der Waals surface area contributed by atoms with Gasteiger partial charge in [-0.1, -0.05) is 30.3 Å². The molecule has 1 aliphatic rings. The fraction of sp³-hybridized carbons (Fsp3) is 0.529. The van der Waals surface area contributed by atoms with Crippen LogP contribution in [0.2, 0.25) is 0 Å². The number of rotatable bonds is 7. The molecule has 0 saturated carbocycles. The molecule has 1 aliphatic heterocycles. The van der Waals surface area contributed by atoms with Gasteiger partial charge >= 0.3 is 11.9 Å². The average molecular weight is 305 g/mol. The van der Waals surface area contributed by atoms with Crippen molar-refractivity contribution in [2.24, 2.45) is 0 Å². The minimum Gasteiger partial charge on any atom is -0.480 e. The summed E-state index contributed by atoms with van der Waals surface area (Å²) in [6.45, 7) is 2.71. The summed E-state index contributed by atoms with van der Waals surface area (Å²) in [7, 11) is 0.